The minimum Gasteiger partial charge on any atom is -0.477 e. The third-order valence-electron chi connectivity index (χ3n) is 2.91. The fourth-order valence-corrected chi connectivity index (χ4v) is 2.40. The molecule has 5 heteroatoms. The molecule has 0 bridgehead atoms. The van der Waals surface area contributed by atoms with E-state index in [4.69, 9.17) is 11.6 Å². The highest BCUT2D eigenvalue weighted by Crippen LogP contribution is 2.32. The van der Waals surface area contributed by atoms with E-state index in [1.807, 2.05) is 26.8 Å². The molecule has 0 radical (unpaired) electrons. The van der Waals surface area contributed by atoms with E-state index < -0.39 is 11.8 Å². The van der Waals surface area contributed by atoms with Crippen LogP contribution in [-0.4, -0.2) is 35.9 Å². The molecular weight excluding hydrogens is 290 g/mol. The Labute approximate surface area is 130 Å². The first kappa shape index (κ1) is 17.2. The van der Waals surface area contributed by atoms with Crippen molar-refractivity contribution in [2.45, 2.75) is 26.2 Å². The molecule has 0 aliphatic carbocycles. The predicted octanol–water partition coefficient (Wildman–Crippen LogP) is 3.35. The zero-order valence-electron chi connectivity index (χ0n) is 12.9. The van der Waals surface area contributed by atoms with Crippen molar-refractivity contribution in [3.05, 3.63) is 46.1 Å². The molecule has 0 unspecified atom stereocenters. The molecule has 0 aliphatic heterocycles. The molecule has 0 spiro atoms. The minimum absolute atomic E-state index is 0.208. The van der Waals surface area contributed by atoms with Gasteiger partial charge in [0, 0.05) is 25.9 Å². The van der Waals surface area contributed by atoms with Crippen molar-refractivity contribution < 1.29 is 14.7 Å². The van der Waals surface area contributed by atoms with Crippen LogP contribution >= 0.6 is 11.6 Å². The van der Waals surface area contributed by atoms with Gasteiger partial charge in [0.2, 0.25) is 5.78 Å². The number of nitrogens with zero attached hydrogens (tertiary/aromatic N) is 1. The molecule has 0 atom stereocenters. The minimum atomic E-state index is -1.27. The van der Waals surface area contributed by atoms with Crippen LogP contribution < -0.4 is 0 Å². The van der Waals surface area contributed by atoms with Crippen molar-refractivity contribution in [2.75, 3.05) is 14.1 Å². The summed E-state index contributed by atoms with van der Waals surface area (Å²) in [6.45, 7) is 5.95. The normalized spacial score (nSPS) is 12.2. The molecule has 1 aromatic carbocycles. The van der Waals surface area contributed by atoms with Crippen LogP contribution in [0.2, 0.25) is 5.02 Å². The lowest BCUT2D eigenvalue weighted by molar-refractivity contribution is -0.132. The number of carboxylic acid groups (broad SMARTS) is 1. The molecule has 0 saturated heterocycles. The average molecular weight is 310 g/mol. The number of benzene rings is 1. The molecule has 4 nitrogen and oxygen atoms in total. The van der Waals surface area contributed by atoms with E-state index in [9.17, 15) is 14.7 Å². The Bertz CT molecular complexity index is 598. The van der Waals surface area contributed by atoms with Crippen LogP contribution in [0.5, 0.6) is 0 Å². The number of aliphatic carboxylic acids is 1. The van der Waals surface area contributed by atoms with E-state index in [-0.39, 0.29) is 16.6 Å². The number of hydrogen-bond acceptors (Lipinski definition) is 3. The van der Waals surface area contributed by atoms with Crippen LogP contribution in [-0.2, 0) is 10.2 Å². The van der Waals surface area contributed by atoms with E-state index in [1.54, 1.807) is 26.2 Å². The van der Waals surface area contributed by atoms with Crippen molar-refractivity contribution in [1.82, 2.24) is 4.90 Å². The van der Waals surface area contributed by atoms with Gasteiger partial charge in [0.25, 0.3) is 0 Å². The molecule has 1 aromatic rings. The predicted molar refractivity (Wildman–Crippen MR) is 83.9 cm³/mol. The van der Waals surface area contributed by atoms with E-state index in [1.165, 1.54) is 11.1 Å². The number of hydrogen-bond donors (Lipinski definition) is 1. The van der Waals surface area contributed by atoms with Gasteiger partial charge in [0.05, 0.1) is 5.02 Å². The second-order valence-electron chi connectivity index (χ2n) is 6.06. The number of rotatable bonds is 4. The second-order valence-corrected chi connectivity index (χ2v) is 6.44. The Balaban J connectivity index is 3.41. The highest BCUT2D eigenvalue weighted by molar-refractivity contribution is 6.37. The van der Waals surface area contributed by atoms with Gasteiger partial charge in [-0.05, 0) is 17.0 Å². The van der Waals surface area contributed by atoms with E-state index in [0.717, 1.165) is 5.56 Å². The summed E-state index contributed by atoms with van der Waals surface area (Å²) in [4.78, 5) is 25.3. The summed E-state index contributed by atoms with van der Waals surface area (Å²) in [6, 6.07) is 5.11. The first-order valence-corrected chi connectivity index (χ1v) is 6.88. The third-order valence-corrected chi connectivity index (χ3v) is 3.32. The maximum atomic E-state index is 12.5. The van der Waals surface area contributed by atoms with E-state index in [0.29, 0.717) is 5.02 Å². The molecule has 0 aliphatic rings. The highest BCUT2D eigenvalue weighted by atomic mass is 35.5. The van der Waals surface area contributed by atoms with Gasteiger partial charge < -0.3 is 10.0 Å². The summed E-state index contributed by atoms with van der Waals surface area (Å²) in [5, 5.41) is 9.52. The second kappa shape index (κ2) is 6.31. The fourth-order valence-electron chi connectivity index (χ4n) is 1.90. The SMILES string of the molecule is CN(C)C=C(C(=O)O)C(=O)c1cccc(C(C)(C)C)c1Cl. The Hall–Kier alpha value is -1.81. The van der Waals surface area contributed by atoms with Gasteiger partial charge in [-0.25, -0.2) is 4.79 Å². The Morgan fingerprint density at radius 3 is 2.24 bits per heavy atom. The number of carbonyl (C=O) groups excluding carboxylic acids is 1. The number of carboxylic acids is 1. The van der Waals surface area contributed by atoms with Crippen molar-refractivity contribution >= 4 is 23.4 Å². The zero-order chi connectivity index (χ0) is 16.4. The van der Waals surface area contributed by atoms with Gasteiger partial charge in [-0.2, -0.15) is 0 Å². The van der Waals surface area contributed by atoms with Crippen LogP contribution in [0, 0.1) is 0 Å². The Morgan fingerprint density at radius 2 is 1.81 bits per heavy atom. The number of carbonyl (C=O) groups is 2. The number of halogens is 1. The van der Waals surface area contributed by atoms with E-state index >= 15 is 0 Å². The molecule has 0 amide bonds. The summed E-state index contributed by atoms with van der Waals surface area (Å²) in [6.07, 6.45) is 1.28. The summed E-state index contributed by atoms with van der Waals surface area (Å²) in [7, 11) is 3.31. The first-order chi connectivity index (χ1) is 9.55. The van der Waals surface area contributed by atoms with Crippen LogP contribution in [0.25, 0.3) is 0 Å². The van der Waals surface area contributed by atoms with Crippen LogP contribution in [0.3, 0.4) is 0 Å². The number of Topliss-reactive ketones (excluding diaryl/α,β-unsaturated/α-hetero) is 1. The topological polar surface area (TPSA) is 57.6 Å². The van der Waals surface area contributed by atoms with Crippen LogP contribution in [0.4, 0.5) is 0 Å². The highest BCUT2D eigenvalue weighted by Gasteiger charge is 2.25. The smallest absolute Gasteiger partial charge is 0.341 e. The molecule has 114 valence electrons. The van der Waals surface area contributed by atoms with Gasteiger partial charge in [0.15, 0.2) is 0 Å². The maximum Gasteiger partial charge on any atom is 0.341 e. The first-order valence-electron chi connectivity index (χ1n) is 6.51. The van der Waals surface area contributed by atoms with Crippen molar-refractivity contribution in [3.8, 4) is 0 Å². The molecular formula is C16H20ClNO3. The Kier molecular flexibility index (Phi) is 5.18. The van der Waals surface area contributed by atoms with Gasteiger partial charge >= 0.3 is 5.97 Å². The van der Waals surface area contributed by atoms with Crippen molar-refractivity contribution in [1.29, 1.82) is 0 Å². The lowest BCUT2D eigenvalue weighted by atomic mass is 9.85. The lowest BCUT2D eigenvalue weighted by Crippen LogP contribution is -2.19. The summed E-state index contributed by atoms with van der Waals surface area (Å²) < 4.78 is 0. The van der Waals surface area contributed by atoms with Gasteiger partial charge in [-0.3, -0.25) is 4.79 Å². The molecule has 0 fully saturated rings. The molecule has 0 heterocycles. The van der Waals surface area contributed by atoms with Gasteiger partial charge in [-0.1, -0.05) is 44.5 Å². The largest absolute Gasteiger partial charge is 0.477 e. The average Bonchev–Trinajstić information content (AvgIpc) is 2.33. The summed E-state index contributed by atoms with van der Waals surface area (Å²) >= 11 is 6.32. The van der Waals surface area contributed by atoms with Crippen LogP contribution in [0.1, 0.15) is 36.7 Å². The molecule has 1 rings (SSSR count). The van der Waals surface area contributed by atoms with Crippen LogP contribution in [0.15, 0.2) is 30.0 Å². The summed E-state index contributed by atoms with van der Waals surface area (Å²) in [5.41, 5.74) is 0.472. The van der Waals surface area contributed by atoms with E-state index in [2.05, 4.69) is 0 Å². The van der Waals surface area contributed by atoms with Gasteiger partial charge in [-0.15, -0.1) is 0 Å². The summed E-state index contributed by atoms with van der Waals surface area (Å²) in [5.74, 6) is -1.86. The zero-order valence-corrected chi connectivity index (χ0v) is 13.7. The quantitative estimate of drug-likeness (QED) is 0.401. The van der Waals surface area contributed by atoms with Crippen molar-refractivity contribution in [2.24, 2.45) is 0 Å². The number of ketones is 1. The monoisotopic (exact) mass is 309 g/mol. The Morgan fingerprint density at radius 1 is 1.24 bits per heavy atom. The molecule has 0 saturated carbocycles. The van der Waals surface area contributed by atoms with Gasteiger partial charge in [0.1, 0.15) is 5.57 Å². The fraction of sp³-hybridized carbons (Fsp3) is 0.375. The lowest BCUT2D eigenvalue weighted by Gasteiger charge is -2.22. The molecule has 1 N–H and O–H groups in total. The molecule has 21 heavy (non-hydrogen) atoms. The third kappa shape index (κ3) is 4.08. The maximum absolute atomic E-state index is 12.5. The standard InChI is InChI=1S/C16H20ClNO3/c1-16(2,3)12-8-6-7-10(13(12)17)14(19)11(15(20)21)9-18(4)5/h6-9H,1-5H3,(H,20,21). The van der Waals surface area contributed by atoms with Crippen molar-refractivity contribution in [3.63, 3.8) is 0 Å². The molecule has 0 aromatic heterocycles.